The molecule has 1 aromatic carbocycles. The Morgan fingerprint density at radius 1 is 1.04 bits per heavy atom. The van der Waals surface area contributed by atoms with Gasteiger partial charge in [-0.15, -0.1) is 0 Å². The Kier molecular flexibility index (Phi) is 4.11. The summed E-state index contributed by atoms with van der Waals surface area (Å²) in [5.41, 5.74) is 1.63. The number of quaternary nitrogens is 1. The molecule has 140 valence electrons. The van der Waals surface area contributed by atoms with Crippen LogP contribution >= 0.6 is 0 Å². The van der Waals surface area contributed by atoms with E-state index < -0.39 is 0 Å². The van der Waals surface area contributed by atoms with Gasteiger partial charge in [0.2, 0.25) is 0 Å². The molecule has 1 aromatic rings. The number of amides is 1. The molecule has 3 nitrogen and oxygen atoms in total. The molecule has 0 aromatic heterocycles. The summed E-state index contributed by atoms with van der Waals surface area (Å²) in [5.74, 6) is 3.11. The molecule has 3 heteroatoms. The van der Waals surface area contributed by atoms with Gasteiger partial charge in [-0.2, -0.15) is 0 Å². The number of carbonyl (C=O) groups excluding carboxylic acids is 1. The molecule has 2 atom stereocenters. The normalized spacial score (nSPS) is 37.3. The standard InChI is InChI=1S/C23H32N2O/c1-15(23-12-16-9-17(13-23)11-18(10-16)14-23)24-21(19-5-3-2-4-6-19)22(26)25-20-7-8-20/h2-6,15-18,20-21,24H,7-14H2,1H3,(H,25,26)/p+1/t15-,16?,17?,18?,21+,23?/m0/s1. The number of nitrogens with two attached hydrogens (primary N) is 1. The van der Waals surface area contributed by atoms with Crippen LogP contribution in [0.5, 0.6) is 0 Å². The predicted molar refractivity (Wildman–Crippen MR) is 102 cm³/mol. The lowest BCUT2D eigenvalue weighted by Crippen LogP contribution is -2.95. The Labute approximate surface area is 157 Å². The van der Waals surface area contributed by atoms with E-state index in [-0.39, 0.29) is 11.9 Å². The first-order valence-corrected chi connectivity index (χ1v) is 10.8. The van der Waals surface area contributed by atoms with E-state index in [0.29, 0.717) is 17.5 Å². The highest BCUT2D eigenvalue weighted by Gasteiger charge is 2.55. The SMILES string of the molecule is C[C@H]([NH2+][C@@H](C(=O)NC1CC1)c1ccccc1)C12CC3CC(CC(C3)C1)C2. The molecule has 3 N–H and O–H groups in total. The lowest BCUT2D eigenvalue weighted by Gasteiger charge is -2.58. The number of hydrogen-bond acceptors (Lipinski definition) is 1. The molecule has 0 aliphatic heterocycles. The minimum atomic E-state index is -0.0974. The van der Waals surface area contributed by atoms with Crippen molar-refractivity contribution in [2.45, 2.75) is 76.4 Å². The highest BCUT2D eigenvalue weighted by atomic mass is 16.2. The Morgan fingerprint density at radius 3 is 2.15 bits per heavy atom. The second kappa shape index (κ2) is 6.37. The summed E-state index contributed by atoms with van der Waals surface area (Å²) >= 11 is 0. The molecule has 5 fully saturated rings. The van der Waals surface area contributed by atoms with E-state index in [9.17, 15) is 4.79 Å². The summed E-state index contributed by atoms with van der Waals surface area (Å²) in [4.78, 5) is 13.0. The van der Waals surface area contributed by atoms with Gasteiger partial charge in [-0.1, -0.05) is 30.3 Å². The first kappa shape index (κ1) is 16.8. The van der Waals surface area contributed by atoms with Gasteiger partial charge < -0.3 is 10.6 Å². The van der Waals surface area contributed by atoms with Gasteiger partial charge in [0.1, 0.15) is 0 Å². The molecular formula is C23H33N2O+. The molecule has 1 amide bonds. The predicted octanol–water partition coefficient (Wildman–Crippen LogP) is 3.17. The second-order valence-electron chi connectivity index (χ2n) is 9.93. The van der Waals surface area contributed by atoms with Crippen LogP contribution < -0.4 is 10.6 Å². The zero-order chi connectivity index (χ0) is 17.7. The van der Waals surface area contributed by atoms with Crippen LogP contribution in [0.4, 0.5) is 0 Å². The molecule has 0 unspecified atom stereocenters. The highest BCUT2D eigenvalue weighted by molar-refractivity contribution is 5.82. The zero-order valence-electron chi connectivity index (χ0n) is 16.0. The maximum absolute atomic E-state index is 13.0. The van der Waals surface area contributed by atoms with Gasteiger partial charge >= 0.3 is 0 Å². The van der Waals surface area contributed by atoms with Gasteiger partial charge in [0.15, 0.2) is 6.04 Å². The minimum Gasteiger partial charge on any atom is -0.348 e. The van der Waals surface area contributed by atoms with Crippen LogP contribution in [-0.4, -0.2) is 18.0 Å². The van der Waals surface area contributed by atoms with Crippen LogP contribution in [0.15, 0.2) is 30.3 Å². The van der Waals surface area contributed by atoms with Crippen molar-refractivity contribution in [1.82, 2.24) is 5.32 Å². The fourth-order valence-electron chi connectivity index (χ4n) is 6.76. The van der Waals surface area contributed by atoms with Crippen LogP contribution in [0.3, 0.4) is 0 Å². The lowest BCUT2D eigenvalue weighted by atomic mass is 9.48. The van der Waals surface area contributed by atoms with E-state index in [0.717, 1.165) is 36.2 Å². The third-order valence-electron chi connectivity index (χ3n) is 7.90. The Bertz CT molecular complexity index is 631. The van der Waals surface area contributed by atoms with Crippen LogP contribution in [0.1, 0.15) is 69.9 Å². The molecule has 5 saturated carbocycles. The maximum Gasteiger partial charge on any atom is 0.283 e. The molecule has 0 radical (unpaired) electrons. The van der Waals surface area contributed by atoms with Crippen LogP contribution in [-0.2, 0) is 4.79 Å². The van der Waals surface area contributed by atoms with Gasteiger partial charge in [-0.3, -0.25) is 4.79 Å². The van der Waals surface area contributed by atoms with E-state index in [4.69, 9.17) is 0 Å². The first-order chi connectivity index (χ1) is 12.6. The number of benzene rings is 1. The summed E-state index contributed by atoms with van der Waals surface area (Å²) in [6, 6.07) is 11.3. The first-order valence-electron chi connectivity index (χ1n) is 10.8. The Hall–Kier alpha value is -1.35. The van der Waals surface area contributed by atoms with Crippen molar-refractivity contribution < 1.29 is 10.1 Å². The van der Waals surface area contributed by atoms with Gasteiger partial charge in [0.25, 0.3) is 5.91 Å². The second-order valence-corrected chi connectivity index (χ2v) is 9.93. The molecule has 5 aliphatic carbocycles. The maximum atomic E-state index is 13.0. The lowest BCUT2D eigenvalue weighted by molar-refractivity contribution is -0.727. The van der Waals surface area contributed by atoms with Crippen molar-refractivity contribution in [3.05, 3.63) is 35.9 Å². The number of nitrogens with one attached hydrogen (secondary N) is 1. The molecule has 6 rings (SSSR count). The molecule has 0 heterocycles. The molecular weight excluding hydrogens is 320 g/mol. The third kappa shape index (κ3) is 3.09. The quantitative estimate of drug-likeness (QED) is 0.811. The van der Waals surface area contributed by atoms with Crippen molar-refractivity contribution in [2.24, 2.45) is 23.2 Å². The largest absolute Gasteiger partial charge is 0.348 e. The Morgan fingerprint density at radius 2 is 1.62 bits per heavy atom. The van der Waals surface area contributed by atoms with Crippen LogP contribution in [0.2, 0.25) is 0 Å². The highest BCUT2D eigenvalue weighted by Crippen LogP contribution is 2.60. The molecule has 0 saturated heterocycles. The van der Waals surface area contributed by atoms with Crippen LogP contribution in [0, 0.1) is 23.2 Å². The van der Waals surface area contributed by atoms with Gasteiger partial charge in [-0.25, -0.2) is 0 Å². The van der Waals surface area contributed by atoms with E-state index in [1.54, 1.807) is 0 Å². The van der Waals surface area contributed by atoms with E-state index in [2.05, 4.69) is 41.8 Å². The average molecular weight is 354 g/mol. The fourth-order valence-corrected chi connectivity index (χ4v) is 6.76. The Balaban J connectivity index is 1.36. The summed E-state index contributed by atoms with van der Waals surface area (Å²) in [7, 11) is 0. The number of hydrogen-bond donors (Lipinski definition) is 2. The van der Waals surface area contributed by atoms with Gasteiger partial charge in [0, 0.05) is 17.0 Å². The summed E-state index contributed by atoms with van der Waals surface area (Å²) in [6.07, 6.45) is 11.0. The molecule has 5 aliphatic rings. The van der Waals surface area contributed by atoms with Crippen molar-refractivity contribution in [1.29, 1.82) is 0 Å². The molecule has 0 spiro atoms. The van der Waals surface area contributed by atoms with Crippen molar-refractivity contribution in [3.63, 3.8) is 0 Å². The van der Waals surface area contributed by atoms with E-state index >= 15 is 0 Å². The van der Waals surface area contributed by atoms with E-state index in [1.807, 2.05) is 6.07 Å². The monoisotopic (exact) mass is 353 g/mol. The van der Waals surface area contributed by atoms with Gasteiger partial charge in [0.05, 0.1) is 6.04 Å². The zero-order valence-corrected chi connectivity index (χ0v) is 16.0. The summed E-state index contributed by atoms with van der Waals surface area (Å²) in [5, 5.41) is 5.68. The van der Waals surface area contributed by atoms with E-state index in [1.165, 1.54) is 38.5 Å². The van der Waals surface area contributed by atoms with Crippen molar-refractivity contribution in [2.75, 3.05) is 0 Å². The smallest absolute Gasteiger partial charge is 0.283 e. The van der Waals surface area contributed by atoms with Crippen molar-refractivity contribution in [3.8, 4) is 0 Å². The number of carbonyl (C=O) groups is 1. The van der Waals surface area contributed by atoms with Crippen molar-refractivity contribution >= 4 is 5.91 Å². The van der Waals surface area contributed by atoms with Crippen LogP contribution in [0.25, 0.3) is 0 Å². The summed E-state index contributed by atoms with van der Waals surface area (Å²) in [6.45, 7) is 2.41. The minimum absolute atomic E-state index is 0.0974. The topological polar surface area (TPSA) is 45.7 Å². The molecule has 4 bridgehead atoms. The average Bonchev–Trinajstić information content (AvgIpc) is 3.43. The molecule has 26 heavy (non-hydrogen) atoms. The number of rotatable bonds is 6. The summed E-state index contributed by atoms with van der Waals surface area (Å²) < 4.78 is 0. The third-order valence-corrected chi connectivity index (χ3v) is 7.90. The fraction of sp³-hybridized carbons (Fsp3) is 0.696. The van der Waals surface area contributed by atoms with Gasteiger partial charge in [-0.05, 0) is 76.0 Å².